The monoisotopic (exact) mass is 306 g/mol. The van der Waals surface area contributed by atoms with E-state index in [-0.39, 0.29) is 10.9 Å². The lowest BCUT2D eigenvalue weighted by molar-refractivity contribution is 0.390. The van der Waals surface area contributed by atoms with Crippen molar-refractivity contribution in [3.8, 4) is 0 Å². The zero-order valence-corrected chi connectivity index (χ0v) is 13.1. The van der Waals surface area contributed by atoms with Crippen molar-refractivity contribution in [3.05, 3.63) is 41.3 Å². The van der Waals surface area contributed by atoms with Crippen molar-refractivity contribution < 1.29 is 12.9 Å². The molecule has 1 aromatic carbocycles. The molecule has 1 aliphatic heterocycles. The molecule has 2 aromatic rings. The van der Waals surface area contributed by atoms with Crippen LogP contribution < -0.4 is 4.31 Å². The van der Waals surface area contributed by atoms with Crippen LogP contribution in [-0.4, -0.2) is 19.6 Å². The van der Waals surface area contributed by atoms with Crippen LogP contribution in [0, 0.1) is 13.8 Å². The number of hydrogen-bond donors (Lipinski definition) is 0. The number of aryl methyl sites for hydroxylation is 3. The summed E-state index contributed by atoms with van der Waals surface area (Å²) in [6.07, 6.45) is 1.70. The third-order valence-corrected chi connectivity index (χ3v) is 6.12. The van der Waals surface area contributed by atoms with Crippen molar-refractivity contribution in [1.82, 2.24) is 5.16 Å². The summed E-state index contributed by atoms with van der Waals surface area (Å²) in [5, 5.41) is 3.78. The van der Waals surface area contributed by atoms with Crippen molar-refractivity contribution in [3.63, 3.8) is 0 Å². The Morgan fingerprint density at radius 2 is 2.00 bits per heavy atom. The van der Waals surface area contributed by atoms with Crippen molar-refractivity contribution in [2.45, 2.75) is 44.6 Å². The highest BCUT2D eigenvalue weighted by molar-refractivity contribution is 7.93. The second-order valence-corrected chi connectivity index (χ2v) is 7.22. The highest BCUT2D eigenvalue weighted by Gasteiger charge is 2.37. The van der Waals surface area contributed by atoms with E-state index in [1.165, 1.54) is 4.31 Å². The van der Waals surface area contributed by atoms with Crippen LogP contribution in [0.1, 0.15) is 30.4 Å². The van der Waals surface area contributed by atoms with Gasteiger partial charge in [-0.1, -0.05) is 23.4 Å². The van der Waals surface area contributed by atoms with E-state index in [1.54, 1.807) is 13.8 Å². The van der Waals surface area contributed by atoms with Gasteiger partial charge in [0.15, 0.2) is 10.7 Å². The zero-order chi connectivity index (χ0) is 15.2. The SMILES string of the molecule is Cc1noc(C)c1S(=O)(=O)N1c2ccccc2CC[C@@H]1C. The molecule has 0 saturated heterocycles. The highest BCUT2D eigenvalue weighted by atomic mass is 32.2. The average Bonchev–Trinajstić information content (AvgIpc) is 2.78. The number of benzene rings is 1. The van der Waals surface area contributed by atoms with Crippen molar-refractivity contribution in [2.75, 3.05) is 4.31 Å². The molecule has 0 saturated carbocycles. The summed E-state index contributed by atoms with van der Waals surface area (Å²) in [6.45, 7) is 5.23. The summed E-state index contributed by atoms with van der Waals surface area (Å²) in [5.74, 6) is 0.336. The van der Waals surface area contributed by atoms with Gasteiger partial charge in [0.1, 0.15) is 5.69 Å². The minimum Gasteiger partial charge on any atom is -0.360 e. The Morgan fingerprint density at radius 1 is 1.29 bits per heavy atom. The van der Waals surface area contributed by atoms with Gasteiger partial charge in [-0.2, -0.15) is 0 Å². The molecule has 0 aliphatic carbocycles. The van der Waals surface area contributed by atoms with E-state index in [9.17, 15) is 8.42 Å². The quantitative estimate of drug-likeness (QED) is 0.856. The lowest BCUT2D eigenvalue weighted by atomic mass is 9.99. The summed E-state index contributed by atoms with van der Waals surface area (Å²) in [4.78, 5) is 0.186. The van der Waals surface area contributed by atoms with E-state index in [4.69, 9.17) is 4.52 Å². The topological polar surface area (TPSA) is 63.4 Å². The Kier molecular flexibility index (Phi) is 3.28. The summed E-state index contributed by atoms with van der Waals surface area (Å²) in [5.41, 5.74) is 2.23. The molecular weight excluding hydrogens is 288 g/mol. The van der Waals surface area contributed by atoms with Gasteiger partial charge < -0.3 is 4.52 Å². The third-order valence-electron chi connectivity index (χ3n) is 3.95. The molecule has 21 heavy (non-hydrogen) atoms. The Hall–Kier alpha value is -1.82. The van der Waals surface area contributed by atoms with Gasteiger partial charge in [-0.3, -0.25) is 4.31 Å². The van der Waals surface area contributed by atoms with Crippen LogP contribution in [0.4, 0.5) is 5.69 Å². The molecule has 3 rings (SSSR count). The summed E-state index contributed by atoms with van der Waals surface area (Å²) < 4.78 is 32.7. The predicted octanol–water partition coefficient (Wildman–Crippen LogP) is 2.82. The Labute approximate surface area is 124 Å². The first kappa shape index (κ1) is 14.1. The van der Waals surface area contributed by atoms with E-state index < -0.39 is 10.0 Å². The first-order valence-electron chi connectivity index (χ1n) is 6.98. The van der Waals surface area contributed by atoms with E-state index >= 15 is 0 Å². The van der Waals surface area contributed by atoms with Crippen molar-refractivity contribution in [2.24, 2.45) is 0 Å². The highest BCUT2D eigenvalue weighted by Crippen LogP contribution is 2.36. The van der Waals surface area contributed by atoms with Gasteiger partial charge in [-0.25, -0.2) is 8.42 Å². The second-order valence-electron chi connectivity index (χ2n) is 5.47. The third kappa shape index (κ3) is 2.14. The van der Waals surface area contributed by atoms with Crippen molar-refractivity contribution in [1.29, 1.82) is 0 Å². The molecule has 112 valence electrons. The van der Waals surface area contributed by atoms with Gasteiger partial charge in [0.2, 0.25) is 0 Å². The van der Waals surface area contributed by atoms with Gasteiger partial charge in [-0.05, 0) is 45.2 Å². The average molecular weight is 306 g/mol. The molecule has 1 atom stereocenters. The molecule has 1 aromatic heterocycles. The van der Waals surface area contributed by atoms with E-state index in [1.807, 2.05) is 31.2 Å². The van der Waals surface area contributed by atoms with Crippen LogP contribution in [0.3, 0.4) is 0 Å². The fourth-order valence-electron chi connectivity index (χ4n) is 2.96. The van der Waals surface area contributed by atoms with Crippen LogP contribution >= 0.6 is 0 Å². The number of nitrogens with zero attached hydrogens (tertiary/aromatic N) is 2. The molecule has 6 heteroatoms. The number of fused-ring (bicyclic) bond motifs is 1. The zero-order valence-electron chi connectivity index (χ0n) is 12.3. The van der Waals surface area contributed by atoms with Gasteiger partial charge in [0.05, 0.1) is 5.69 Å². The fourth-order valence-corrected chi connectivity index (χ4v) is 4.99. The second kappa shape index (κ2) is 4.87. The molecule has 0 fully saturated rings. The lowest BCUT2D eigenvalue weighted by Gasteiger charge is -2.35. The van der Waals surface area contributed by atoms with E-state index in [2.05, 4.69) is 5.16 Å². The van der Waals surface area contributed by atoms with Gasteiger partial charge >= 0.3 is 0 Å². The number of anilines is 1. The molecule has 0 radical (unpaired) electrons. The number of sulfonamides is 1. The molecule has 0 amide bonds. The Balaban J connectivity index is 2.20. The van der Waals surface area contributed by atoms with Crippen LogP contribution in [0.5, 0.6) is 0 Å². The minimum absolute atomic E-state index is 0.0846. The smallest absolute Gasteiger partial charge is 0.269 e. The summed E-state index contributed by atoms with van der Waals surface area (Å²) >= 11 is 0. The van der Waals surface area contributed by atoms with Crippen molar-refractivity contribution >= 4 is 15.7 Å². The molecule has 5 nitrogen and oxygen atoms in total. The Morgan fingerprint density at radius 3 is 2.67 bits per heavy atom. The molecule has 2 heterocycles. The number of hydrogen-bond acceptors (Lipinski definition) is 4. The summed E-state index contributed by atoms with van der Waals surface area (Å²) in [6, 6.07) is 7.57. The largest absolute Gasteiger partial charge is 0.360 e. The van der Waals surface area contributed by atoms with Gasteiger partial charge in [0.25, 0.3) is 10.0 Å². The molecule has 0 unspecified atom stereocenters. The number of aromatic nitrogens is 1. The molecule has 0 N–H and O–H groups in total. The lowest BCUT2D eigenvalue weighted by Crippen LogP contribution is -2.42. The van der Waals surface area contributed by atoms with Gasteiger partial charge in [0, 0.05) is 6.04 Å². The Bertz CT molecular complexity index is 760. The maximum absolute atomic E-state index is 13.1. The van der Waals surface area contributed by atoms with E-state index in [0.29, 0.717) is 11.5 Å². The maximum atomic E-state index is 13.1. The first-order valence-corrected chi connectivity index (χ1v) is 8.42. The maximum Gasteiger partial charge on any atom is 0.269 e. The molecule has 0 spiro atoms. The normalized spacial score (nSPS) is 18.6. The number of rotatable bonds is 2. The fraction of sp³-hybridized carbons (Fsp3) is 0.400. The predicted molar refractivity (Wildman–Crippen MR) is 79.9 cm³/mol. The standard InChI is InChI=1S/C15H18N2O3S/c1-10-8-9-13-6-4-5-7-14(13)17(10)21(18,19)15-11(2)16-20-12(15)3/h4-7,10H,8-9H2,1-3H3/t10-/m0/s1. The van der Waals surface area contributed by atoms with Crippen LogP contribution in [0.15, 0.2) is 33.7 Å². The molecular formula is C15H18N2O3S. The molecule has 0 bridgehead atoms. The summed E-state index contributed by atoms with van der Waals surface area (Å²) in [7, 11) is -3.67. The van der Waals surface area contributed by atoms with Gasteiger partial charge in [-0.15, -0.1) is 0 Å². The van der Waals surface area contributed by atoms with E-state index in [0.717, 1.165) is 24.1 Å². The van der Waals surface area contributed by atoms with Crippen LogP contribution in [0.25, 0.3) is 0 Å². The minimum atomic E-state index is -3.67. The van der Waals surface area contributed by atoms with Crippen LogP contribution in [-0.2, 0) is 16.4 Å². The molecule has 1 aliphatic rings. The number of para-hydroxylation sites is 1. The van der Waals surface area contributed by atoms with Crippen LogP contribution in [0.2, 0.25) is 0 Å². The first-order chi connectivity index (χ1) is 9.93.